The highest BCUT2D eigenvalue weighted by Gasteiger charge is 2.09. The maximum atomic E-state index is 13.5. The lowest BCUT2D eigenvalue weighted by Gasteiger charge is -2.07. The standard InChI is InChI=1S/C12H15FO2/c1-15-12(14)9-5-8-11(13)10-6-3-2-4-7-10/h2-4,6-7,11H,5,8-9H2,1H3. The van der Waals surface area contributed by atoms with Gasteiger partial charge in [-0.05, 0) is 18.4 Å². The van der Waals surface area contributed by atoms with Crippen LogP contribution >= 0.6 is 0 Å². The number of hydrogen-bond acceptors (Lipinski definition) is 2. The fraction of sp³-hybridized carbons (Fsp3) is 0.417. The molecule has 1 aromatic rings. The van der Waals surface area contributed by atoms with E-state index in [1.54, 1.807) is 12.1 Å². The summed E-state index contributed by atoms with van der Waals surface area (Å²) >= 11 is 0. The van der Waals surface area contributed by atoms with E-state index in [1.807, 2.05) is 18.2 Å². The summed E-state index contributed by atoms with van der Waals surface area (Å²) in [4.78, 5) is 10.8. The van der Waals surface area contributed by atoms with Crippen LogP contribution in [0, 0.1) is 0 Å². The van der Waals surface area contributed by atoms with E-state index in [4.69, 9.17) is 0 Å². The Bertz CT molecular complexity index is 298. The fourth-order valence-electron chi connectivity index (χ4n) is 1.36. The average Bonchev–Trinajstić information content (AvgIpc) is 2.29. The number of carbonyl (C=O) groups is 1. The van der Waals surface area contributed by atoms with Crippen molar-refractivity contribution in [3.8, 4) is 0 Å². The van der Waals surface area contributed by atoms with Crippen LogP contribution in [0.1, 0.15) is 31.0 Å². The van der Waals surface area contributed by atoms with E-state index in [9.17, 15) is 9.18 Å². The summed E-state index contributed by atoms with van der Waals surface area (Å²) in [6.07, 6.45) is 0.168. The van der Waals surface area contributed by atoms with Crippen molar-refractivity contribution in [3.05, 3.63) is 35.9 Å². The monoisotopic (exact) mass is 210 g/mol. The second-order valence-electron chi connectivity index (χ2n) is 3.35. The van der Waals surface area contributed by atoms with E-state index in [1.165, 1.54) is 7.11 Å². The Morgan fingerprint density at radius 2 is 2.07 bits per heavy atom. The van der Waals surface area contributed by atoms with E-state index in [-0.39, 0.29) is 12.4 Å². The maximum Gasteiger partial charge on any atom is 0.305 e. The number of methoxy groups -OCH3 is 1. The second-order valence-corrected chi connectivity index (χ2v) is 3.35. The van der Waals surface area contributed by atoms with Gasteiger partial charge in [-0.1, -0.05) is 30.3 Å². The van der Waals surface area contributed by atoms with Crippen molar-refractivity contribution in [2.24, 2.45) is 0 Å². The van der Waals surface area contributed by atoms with Gasteiger partial charge in [-0.3, -0.25) is 4.79 Å². The molecule has 0 radical (unpaired) electrons. The molecule has 0 aliphatic carbocycles. The van der Waals surface area contributed by atoms with Gasteiger partial charge in [-0.2, -0.15) is 0 Å². The molecule has 82 valence electrons. The number of ether oxygens (including phenoxy) is 1. The summed E-state index contributed by atoms with van der Waals surface area (Å²) in [5.41, 5.74) is 0.669. The molecule has 1 atom stereocenters. The van der Waals surface area contributed by atoms with Gasteiger partial charge >= 0.3 is 5.97 Å². The molecule has 0 aliphatic rings. The van der Waals surface area contributed by atoms with E-state index >= 15 is 0 Å². The molecule has 3 heteroatoms. The van der Waals surface area contributed by atoms with Gasteiger partial charge in [0.25, 0.3) is 0 Å². The lowest BCUT2D eigenvalue weighted by Crippen LogP contribution is -2.00. The van der Waals surface area contributed by atoms with Crippen molar-refractivity contribution in [2.45, 2.75) is 25.4 Å². The second kappa shape index (κ2) is 6.17. The summed E-state index contributed by atoms with van der Waals surface area (Å²) in [5.74, 6) is -0.282. The predicted octanol–water partition coefficient (Wildman–Crippen LogP) is 3.04. The van der Waals surface area contributed by atoms with Crippen LogP contribution in [0.5, 0.6) is 0 Å². The Morgan fingerprint density at radius 3 is 2.67 bits per heavy atom. The molecule has 2 nitrogen and oxygen atoms in total. The molecular weight excluding hydrogens is 195 g/mol. The number of rotatable bonds is 5. The molecule has 0 amide bonds. The highest BCUT2D eigenvalue weighted by Crippen LogP contribution is 2.22. The molecule has 0 aliphatic heterocycles. The summed E-state index contributed by atoms with van der Waals surface area (Å²) in [5, 5.41) is 0. The highest BCUT2D eigenvalue weighted by atomic mass is 19.1. The van der Waals surface area contributed by atoms with E-state index in [0.29, 0.717) is 18.4 Å². The van der Waals surface area contributed by atoms with E-state index < -0.39 is 6.17 Å². The Morgan fingerprint density at radius 1 is 1.40 bits per heavy atom. The van der Waals surface area contributed by atoms with Gasteiger partial charge in [0, 0.05) is 6.42 Å². The van der Waals surface area contributed by atoms with Crippen molar-refractivity contribution in [3.63, 3.8) is 0 Å². The third kappa shape index (κ3) is 4.11. The molecule has 0 heterocycles. The molecule has 1 aromatic carbocycles. The number of hydrogen-bond donors (Lipinski definition) is 0. The summed E-state index contributed by atoms with van der Waals surface area (Å²) < 4.78 is 18.0. The van der Waals surface area contributed by atoms with Crippen LogP contribution in [-0.2, 0) is 9.53 Å². The zero-order chi connectivity index (χ0) is 11.1. The van der Waals surface area contributed by atoms with Gasteiger partial charge in [-0.15, -0.1) is 0 Å². The smallest absolute Gasteiger partial charge is 0.305 e. The molecule has 1 unspecified atom stereocenters. The molecular formula is C12H15FO2. The third-order valence-corrected chi connectivity index (χ3v) is 2.23. The summed E-state index contributed by atoms with van der Waals surface area (Å²) in [7, 11) is 1.34. The van der Waals surface area contributed by atoms with Gasteiger partial charge in [0.05, 0.1) is 7.11 Å². The molecule has 1 rings (SSSR count). The zero-order valence-corrected chi connectivity index (χ0v) is 8.78. The third-order valence-electron chi connectivity index (χ3n) is 2.23. The minimum absolute atomic E-state index is 0.282. The van der Waals surface area contributed by atoms with Gasteiger partial charge < -0.3 is 4.74 Å². The Balaban J connectivity index is 2.31. The van der Waals surface area contributed by atoms with Crippen molar-refractivity contribution in [2.75, 3.05) is 7.11 Å². The van der Waals surface area contributed by atoms with Gasteiger partial charge in [0.15, 0.2) is 0 Å². The molecule has 0 spiro atoms. The van der Waals surface area contributed by atoms with Crippen LogP contribution in [-0.4, -0.2) is 13.1 Å². The average molecular weight is 210 g/mol. The molecule has 0 saturated carbocycles. The summed E-state index contributed by atoms with van der Waals surface area (Å²) in [6, 6.07) is 8.97. The van der Waals surface area contributed by atoms with E-state index in [2.05, 4.69) is 4.74 Å². The molecule has 0 saturated heterocycles. The Labute approximate surface area is 89.1 Å². The molecule has 0 fully saturated rings. The minimum Gasteiger partial charge on any atom is -0.469 e. The quantitative estimate of drug-likeness (QED) is 0.698. The van der Waals surface area contributed by atoms with Crippen molar-refractivity contribution >= 4 is 5.97 Å². The van der Waals surface area contributed by atoms with Gasteiger partial charge in [0.2, 0.25) is 0 Å². The molecule has 0 N–H and O–H groups in total. The molecule has 0 bridgehead atoms. The Kier molecular flexibility index (Phi) is 4.81. The minimum atomic E-state index is -0.990. The van der Waals surface area contributed by atoms with Crippen molar-refractivity contribution < 1.29 is 13.9 Å². The number of halogens is 1. The van der Waals surface area contributed by atoms with Crippen LogP contribution in [0.15, 0.2) is 30.3 Å². The number of esters is 1. The van der Waals surface area contributed by atoms with Crippen LogP contribution in [0.4, 0.5) is 4.39 Å². The predicted molar refractivity (Wildman–Crippen MR) is 56.2 cm³/mol. The van der Waals surface area contributed by atoms with Crippen LogP contribution in [0.3, 0.4) is 0 Å². The lowest BCUT2D eigenvalue weighted by atomic mass is 10.1. The zero-order valence-electron chi connectivity index (χ0n) is 8.78. The topological polar surface area (TPSA) is 26.3 Å². The lowest BCUT2D eigenvalue weighted by molar-refractivity contribution is -0.140. The highest BCUT2D eigenvalue weighted by molar-refractivity contribution is 5.68. The number of carbonyl (C=O) groups excluding carboxylic acids is 1. The first-order chi connectivity index (χ1) is 7.24. The maximum absolute atomic E-state index is 13.5. The largest absolute Gasteiger partial charge is 0.469 e. The summed E-state index contributed by atoms with van der Waals surface area (Å²) in [6.45, 7) is 0. The normalized spacial score (nSPS) is 12.1. The molecule has 0 aromatic heterocycles. The number of alkyl halides is 1. The van der Waals surface area contributed by atoms with Crippen LogP contribution in [0.25, 0.3) is 0 Å². The first kappa shape index (κ1) is 11.7. The van der Waals surface area contributed by atoms with Crippen molar-refractivity contribution in [1.82, 2.24) is 0 Å². The number of benzene rings is 1. The first-order valence-electron chi connectivity index (χ1n) is 5.00. The van der Waals surface area contributed by atoms with Crippen molar-refractivity contribution in [1.29, 1.82) is 0 Å². The van der Waals surface area contributed by atoms with Gasteiger partial charge in [0.1, 0.15) is 6.17 Å². The molecule has 15 heavy (non-hydrogen) atoms. The van der Waals surface area contributed by atoms with E-state index in [0.717, 1.165) is 0 Å². The fourth-order valence-corrected chi connectivity index (χ4v) is 1.36. The van der Waals surface area contributed by atoms with Crippen LogP contribution in [0.2, 0.25) is 0 Å². The SMILES string of the molecule is COC(=O)CCCC(F)c1ccccc1. The first-order valence-corrected chi connectivity index (χ1v) is 5.00. The van der Waals surface area contributed by atoms with Gasteiger partial charge in [-0.25, -0.2) is 4.39 Å². The Hall–Kier alpha value is -1.38. The van der Waals surface area contributed by atoms with Crippen LogP contribution < -0.4 is 0 Å².